The minimum absolute atomic E-state index is 0.0140. The molecule has 1 saturated heterocycles. The Hall–Kier alpha value is -4.33. The zero-order chi connectivity index (χ0) is 41.0. The molecule has 1 aromatic heterocycles. The second-order valence-corrected chi connectivity index (χ2v) is 16.8. The molecule has 13 nitrogen and oxygen atoms in total. The van der Waals surface area contributed by atoms with E-state index in [1.54, 1.807) is 37.1 Å². The molecule has 2 aromatic rings. The van der Waals surface area contributed by atoms with Crippen molar-refractivity contribution in [2.75, 3.05) is 27.7 Å². The van der Waals surface area contributed by atoms with E-state index in [4.69, 9.17) is 0 Å². The summed E-state index contributed by atoms with van der Waals surface area (Å²) >= 11 is 1.45. The van der Waals surface area contributed by atoms with Gasteiger partial charge in [0.25, 0.3) is 0 Å². The minimum Gasteiger partial charge on any atom is -0.344 e. The van der Waals surface area contributed by atoms with E-state index in [0.29, 0.717) is 45.2 Å². The van der Waals surface area contributed by atoms with Gasteiger partial charge in [0.15, 0.2) is 0 Å². The normalized spacial score (nSPS) is 16.4. The molecule has 304 valence electrons. The smallest absolute Gasteiger partial charge is 0.246 e. The Balaban J connectivity index is 1.90. The van der Waals surface area contributed by atoms with Crippen LogP contribution in [0, 0.1) is 17.8 Å². The lowest BCUT2D eigenvalue weighted by atomic mass is 9.97. The molecule has 1 aliphatic rings. The lowest BCUT2D eigenvalue weighted by Gasteiger charge is -2.37. The predicted molar refractivity (Wildman–Crippen MR) is 214 cm³/mol. The molecule has 3 rings (SSSR count). The number of rotatable bonds is 19. The largest absolute Gasteiger partial charge is 0.344 e. The average Bonchev–Trinajstić information content (AvgIpc) is 3.84. The van der Waals surface area contributed by atoms with Crippen molar-refractivity contribution in [2.24, 2.45) is 17.8 Å². The maximum absolute atomic E-state index is 14.5. The number of benzene rings is 1. The number of likely N-dealkylation sites (N-methyl/N-ethyl adjacent to an activating group) is 3. The first-order valence-corrected chi connectivity index (χ1v) is 20.5. The van der Waals surface area contributed by atoms with E-state index in [2.05, 4.69) is 15.6 Å². The Bertz CT molecular complexity index is 1580. The van der Waals surface area contributed by atoms with E-state index in [9.17, 15) is 28.8 Å². The van der Waals surface area contributed by atoms with Gasteiger partial charge in [-0.1, -0.05) is 78.8 Å². The standard InChI is InChI=1S/C41H63N7O6S/c1-11-16-33(49)44-35(27(4)5)40(53)48-21-15-19-31(48)39(52)46(9)32(24-29-17-13-12-14-18-29)37(50)43-30(23-26(2)3)38(51)47(10)36(28(6)7)41(54)45(8)25-34-42-20-22-55-34/h12-14,17-18,20,22,26-28,30-32,35-36H,11,15-16,19,21,23-25H2,1-10H3,(H,43,50)(H,44,49). The predicted octanol–water partition coefficient (Wildman–Crippen LogP) is 4.12. The van der Waals surface area contributed by atoms with Crippen LogP contribution in [0.1, 0.15) is 91.1 Å². The summed E-state index contributed by atoms with van der Waals surface area (Å²) in [6.07, 6.45) is 4.13. The monoisotopic (exact) mass is 781 g/mol. The summed E-state index contributed by atoms with van der Waals surface area (Å²) in [4.78, 5) is 93.6. The van der Waals surface area contributed by atoms with Gasteiger partial charge in [-0.3, -0.25) is 28.8 Å². The number of nitrogens with one attached hydrogen (secondary N) is 2. The molecule has 5 atom stereocenters. The van der Waals surface area contributed by atoms with Gasteiger partial charge >= 0.3 is 0 Å². The van der Waals surface area contributed by atoms with Crippen molar-refractivity contribution in [1.82, 2.24) is 35.2 Å². The average molecular weight is 782 g/mol. The summed E-state index contributed by atoms with van der Waals surface area (Å²) in [5.74, 6) is -2.47. The summed E-state index contributed by atoms with van der Waals surface area (Å²) in [6, 6.07) is 4.96. The number of likely N-dealkylation sites (tertiary alicyclic amines) is 1. The number of nitrogens with zero attached hydrogens (tertiary/aromatic N) is 5. The Morgan fingerprint density at radius 1 is 0.909 bits per heavy atom. The number of hydrogen-bond donors (Lipinski definition) is 2. The molecule has 1 aromatic carbocycles. The zero-order valence-corrected chi connectivity index (χ0v) is 35.2. The molecule has 0 radical (unpaired) electrons. The number of carbonyl (C=O) groups excluding carboxylic acids is 6. The van der Waals surface area contributed by atoms with Crippen LogP contribution in [0.4, 0.5) is 0 Å². The molecule has 6 amide bonds. The van der Waals surface area contributed by atoms with Crippen LogP contribution in [0.3, 0.4) is 0 Å². The van der Waals surface area contributed by atoms with E-state index in [1.165, 1.54) is 21.1 Å². The molecule has 0 aliphatic carbocycles. The van der Waals surface area contributed by atoms with E-state index in [0.717, 1.165) is 10.6 Å². The summed E-state index contributed by atoms with van der Waals surface area (Å²) in [7, 11) is 4.85. The third-order valence-corrected chi connectivity index (χ3v) is 10.9. The van der Waals surface area contributed by atoms with Gasteiger partial charge in [0.05, 0.1) is 6.54 Å². The maximum atomic E-state index is 14.5. The van der Waals surface area contributed by atoms with Crippen LogP contribution < -0.4 is 10.6 Å². The van der Waals surface area contributed by atoms with Crippen LogP contribution >= 0.6 is 11.3 Å². The second-order valence-electron chi connectivity index (χ2n) is 15.8. The molecule has 1 fully saturated rings. The van der Waals surface area contributed by atoms with E-state index >= 15 is 0 Å². The Labute approximate surface area is 331 Å². The number of carbonyl (C=O) groups is 6. The van der Waals surface area contributed by atoms with Gasteiger partial charge in [0.2, 0.25) is 35.4 Å². The van der Waals surface area contributed by atoms with Gasteiger partial charge in [-0.15, -0.1) is 11.3 Å². The second kappa shape index (κ2) is 21.1. The zero-order valence-electron chi connectivity index (χ0n) is 34.4. The molecule has 55 heavy (non-hydrogen) atoms. The van der Waals surface area contributed by atoms with Gasteiger partial charge < -0.3 is 30.2 Å². The van der Waals surface area contributed by atoms with Crippen molar-refractivity contribution in [3.8, 4) is 0 Å². The summed E-state index contributed by atoms with van der Waals surface area (Å²) < 4.78 is 0. The first-order chi connectivity index (χ1) is 26.0. The van der Waals surface area contributed by atoms with Gasteiger partial charge in [0, 0.05) is 52.1 Å². The molecule has 2 N–H and O–H groups in total. The molecule has 1 aliphatic heterocycles. The fourth-order valence-corrected chi connectivity index (χ4v) is 7.83. The molecular weight excluding hydrogens is 719 g/mol. The highest BCUT2D eigenvalue weighted by Crippen LogP contribution is 2.24. The molecular formula is C41H63N7O6S. The van der Waals surface area contributed by atoms with Crippen molar-refractivity contribution >= 4 is 46.8 Å². The van der Waals surface area contributed by atoms with Crippen LogP contribution in [0.25, 0.3) is 0 Å². The highest BCUT2D eigenvalue weighted by atomic mass is 32.1. The van der Waals surface area contributed by atoms with Gasteiger partial charge in [-0.25, -0.2) is 4.98 Å². The lowest BCUT2D eigenvalue weighted by Crippen LogP contribution is -2.60. The molecule has 14 heteroatoms. The minimum atomic E-state index is -1.02. The Morgan fingerprint density at radius 3 is 2.15 bits per heavy atom. The third-order valence-electron chi connectivity index (χ3n) is 10.1. The van der Waals surface area contributed by atoms with Crippen molar-refractivity contribution < 1.29 is 28.8 Å². The SMILES string of the molecule is CCCC(=O)NC(C(=O)N1CCCC1C(=O)N(C)C(Cc1ccccc1)C(=O)NC(CC(C)C)C(=O)N(C)C(C(=O)N(C)Cc1nccs1)C(C)C)C(C)C. The van der Waals surface area contributed by atoms with Gasteiger partial charge in [-0.2, -0.15) is 0 Å². The van der Waals surface area contributed by atoms with Crippen molar-refractivity contribution in [3.05, 3.63) is 52.5 Å². The molecule has 0 spiro atoms. The van der Waals surface area contributed by atoms with Crippen molar-refractivity contribution in [1.29, 1.82) is 0 Å². The maximum Gasteiger partial charge on any atom is 0.246 e. The molecule has 0 bridgehead atoms. The third kappa shape index (κ3) is 12.3. The van der Waals surface area contributed by atoms with E-state index in [-0.39, 0.29) is 47.8 Å². The topological polar surface area (TPSA) is 152 Å². The molecule has 2 heterocycles. The summed E-state index contributed by atoms with van der Waals surface area (Å²) in [5.41, 5.74) is 0.817. The van der Waals surface area contributed by atoms with Crippen LogP contribution in [-0.4, -0.2) is 118 Å². The number of amides is 6. The molecule has 0 saturated carbocycles. The number of aromatic nitrogens is 1. The lowest BCUT2D eigenvalue weighted by molar-refractivity contribution is -0.150. The van der Waals surface area contributed by atoms with E-state index in [1.807, 2.05) is 84.2 Å². The highest BCUT2D eigenvalue weighted by Gasteiger charge is 2.43. The van der Waals surface area contributed by atoms with Crippen LogP contribution in [-0.2, 0) is 41.7 Å². The van der Waals surface area contributed by atoms with Gasteiger partial charge in [0.1, 0.15) is 35.2 Å². The quantitative estimate of drug-likeness (QED) is 0.218. The fourth-order valence-electron chi connectivity index (χ4n) is 7.16. The summed E-state index contributed by atoms with van der Waals surface area (Å²) in [5, 5.41) is 8.49. The number of thiazole rings is 1. The van der Waals surface area contributed by atoms with Crippen LogP contribution in [0.15, 0.2) is 41.9 Å². The van der Waals surface area contributed by atoms with Crippen LogP contribution in [0.2, 0.25) is 0 Å². The van der Waals surface area contributed by atoms with Gasteiger partial charge in [-0.05, 0) is 49.0 Å². The van der Waals surface area contributed by atoms with Crippen molar-refractivity contribution in [2.45, 2.75) is 124 Å². The molecule has 5 unspecified atom stereocenters. The number of hydrogen-bond acceptors (Lipinski definition) is 8. The Kier molecular flexibility index (Phi) is 17.3. The highest BCUT2D eigenvalue weighted by molar-refractivity contribution is 7.09. The van der Waals surface area contributed by atoms with Crippen LogP contribution in [0.5, 0.6) is 0 Å². The van der Waals surface area contributed by atoms with Crippen molar-refractivity contribution in [3.63, 3.8) is 0 Å². The van der Waals surface area contributed by atoms with E-state index < -0.39 is 42.0 Å². The first kappa shape index (κ1) is 45.1. The Morgan fingerprint density at radius 2 is 1.58 bits per heavy atom. The fraction of sp³-hybridized carbons (Fsp3) is 0.634. The summed E-state index contributed by atoms with van der Waals surface area (Å²) in [6.45, 7) is 14.0. The first-order valence-electron chi connectivity index (χ1n) is 19.6.